The zero-order valence-electron chi connectivity index (χ0n) is 12.9. The van der Waals surface area contributed by atoms with E-state index in [1.807, 2.05) is 13.0 Å². The van der Waals surface area contributed by atoms with Gasteiger partial charge in [0.05, 0.1) is 19.3 Å². The Morgan fingerprint density at radius 1 is 1.29 bits per heavy atom. The second-order valence-corrected chi connectivity index (χ2v) is 5.61. The Balaban J connectivity index is 2.32. The number of carbonyl (C=O) groups is 1. The number of carbonyl (C=O) groups excluding carboxylic acids is 1. The topological polar surface area (TPSA) is 55.8 Å². The summed E-state index contributed by atoms with van der Waals surface area (Å²) in [5.41, 5.74) is 2.62. The molecule has 1 aliphatic carbocycles. The van der Waals surface area contributed by atoms with Crippen molar-refractivity contribution in [3.8, 4) is 5.75 Å². The second-order valence-electron chi connectivity index (χ2n) is 5.61. The molecule has 0 atom stereocenters. The summed E-state index contributed by atoms with van der Waals surface area (Å²) < 4.78 is 10.6. The summed E-state index contributed by atoms with van der Waals surface area (Å²) in [7, 11) is 1.68. The van der Waals surface area contributed by atoms with E-state index in [1.54, 1.807) is 13.2 Å². The Labute approximate surface area is 126 Å². The molecule has 1 N–H and O–H groups in total. The van der Waals surface area contributed by atoms with Crippen LogP contribution in [0.3, 0.4) is 0 Å². The Morgan fingerprint density at radius 3 is 2.62 bits per heavy atom. The van der Waals surface area contributed by atoms with Gasteiger partial charge in [0.1, 0.15) is 12.4 Å². The van der Waals surface area contributed by atoms with E-state index in [9.17, 15) is 4.79 Å². The van der Waals surface area contributed by atoms with Crippen molar-refractivity contribution in [1.82, 2.24) is 0 Å². The lowest BCUT2D eigenvalue weighted by molar-refractivity contribution is 0.0433. The van der Waals surface area contributed by atoms with Crippen molar-refractivity contribution in [3.05, 3.63) is 28.8 Å². The normalized spacial score (nSPS) is 15.8. The maximum absolute atomic E-state index is 12.0. The van der Waals surface area contributed by atoms with E-state index in [1.165, 1.54) is 19.3 Å². The number of ether oxygens (including phenoxy) is 2. The molecule has 4 heteroatoms. The zero-order chi connectivity index (χ0) is 15.2. The summed E-state index contributed by atoms with van der Waals surface area (Å²) in [4.78, 5) is 12.0. The molecule has 0 spiro atoms. The third kappa shape index (κ3) is 3.76. The van der Waals surface area contributed by atoms with Crippen LogP contribution in [0.2, 0.25) is 0 Å². The molecule has 4 nitrogen and oxygen atoms in total. The highest BCUT2D eigenvalue weighted by Crippen LogP contribution is 2.39. The summed E-state index contributed by atoms with van der Waals surface area (Å²) in [6, 6.07) is 3.70. The SMILES string of the molecule is COc1c(C)cc(C(=O)OCCO)cc1C1CCCCC1. The van der Waals surface area contributed by atoms with Crippen LogP contribution in [0.1, 0.15) is 59.5 Å². The first-order chi connectivity index (χ1) is 10.2. The summed E-state index contributed by atoms with van der Waals surface area (Å²) in [5.74, 6) is 0.963. The highest BCUT2D eigenvalue weighted by atomic mass is 16.5. The monoisotopic (exact) mass is 292 g/mol. The van der Waals surface area contributed by atoms with Crippen LogP contribution in [0.5, 0.6) is 5.75 Å². The van der Waals surface area contributed by atoms with E-state index >= 15 is 0 Å². The van der Waals surface area contributed by atoms with E-state index in [0.29, 0.717) is 11.5 Å². The molecule has 0 radical (unpaired) electrons. The van der Waals surface area contributed by atoms with Crippen LogP contribution in [-0.4, -0.2) is 31.4 Å². The van der Waals surface area contributed by atoms with Crippen LogP contribution in [0, 0.1) is 6.92 Å². The van der Waals surface area contributed by atoms with Gasteiger partial charge in [-0.25, -0.2) is 4.79 Å². The largest absolute Gasteiger partial charge is 0.496 e. The van der Waals surface area contributed by atoms with E-state index < -0.39 is 0 Å². The van der Waals surface area contributed by atoms with Gasteiger partial charge in [-0.1, -0.05) is 19.3 Å². The molecule has 0 aliphatic heterocycles. The van der Waals surface area contributed by atoms with E-state index in [-0.39, 0.29) is 19.2 Å². The number of aliphatic hydroxyl groups excluding tert-OH is 1. The number of methoxy groups -OCH3 is 1. The fourth-order valence-electron chi connectivity index (χ4n) is 3.14. The van der Waals surface area contributed by atoms with Crippen LogP contribution in [0.15, 0.2) is 12.1 Å². The van der Waals surface area contributed by atoms with Crippen molar-refractivity contribution in [2.75, 3.05) is 20.3 Å². The number of aliphatic hydroxyl groups is 1. The Bertz CT molecular complexity index is 490. The third-order valence-electron chi connectivity index (χ3n) is 4.11. The van der Waals surface area contributed by atoms with Gasteiger partial charge in [0.25, 0.3) is 0 Å². The molecule has 1 fully saturated rings. The first-order valence-corrected chi connectivity index (χ1v) is 7.64. The van der Waals surface area contributed by atoms with Gasteiger partial charge >= 0.3 is 5.97 Å². The smallest absolute Gasteiger partial charge is 0.338 e. The summed E-state index contributed by atoms with van der Waals surface area (Å²) in [5, 5.41) is 8.76. The molecule has 2 rings (SSSR count). The third-order valence-corrected chi connectivity index (χ3v) is 4.11. The minimum Gasteiger partial charge on any atom is -0.496 e. The highest BCUT2D eigenvalue weighted by molar-refractivity contribution is 5.90. The molecule has 0 aromatic heterocycles. The van der Waals surface area contributed by atoms with E-state index in [0.717, 1.165) is 29.7 Å². The van der Waals surface area contributed by atoms with Crippen molar-refractivity contribution in [1.29, 1.82) is 0 Å². The molecule has 0 amide bonds. The molecule has 116 valence electrons. The lowest BCUT2D eigenvalue weighted by atomic mass is 9.82. The molecule has 0 heterocycles. The fourth-order valence-corrected chi connectivity index (χ4v) is 3.14. The van der Waals surface area contributed by atoms with Crippen molar-refractivity contribution < 1.29 is 19.4 Å². The van der Waals surface area contributed by atoms with Gasteiger partial charge in [-0.05, 0) is 48.9 Å². The zero-order valence-corrected chi connectivity index (χ0v) is 12.9. The van der Waals surface area contributed by atoms with Gasteiger partial charge in [-0.2, -0.15) is 0 Å². The van der Waals surface area contributed by atoms with Gasteiger partial charge in [0, 0.05) is 0 Å². The van der Waals surface area contributed by atoms with Gasteiger partial charge in [-0.3, -0.25) is 0 Å². The molecular weight excluding hydrogens is 268 g/mol. The predicted octanol–water partition coefficient (Wildman–Crippen LogP) is 3.20. The number of benzene rings is 1. The number of hydrogen-bond donors (Lipinski definition) is 1. The van der Waals surface area contributed by atoms with Crippen LogP contribution in [0.25, 0.3) is 0 Å². The standard InChI is InChI=1S/C17H24O4/c1-12-10-14(17(19)21-9-8-18)11-15(16(12)20-2)13-6-4-3-5-7-13/h10-11,13,18H,3-9H2,1-2H3. The van der Waals surface area contributed by atoms with Gasteiger partial charge in [0.2, 0.25) is 0 Å². The molecule has 1 aromatic rings. The van der Waals surface area contributed by atoms with Gasteiger partial charge in [0.15, 0.2) is 0 Å². The van der Waals surface area contributed by atoms with Crippen molar-refractivity contribution in [2.45, 2.75) is 44.9 Å². The number of esters is 1. The van der Waals surface area contributed by atoms with E-state index in [4.69, 9.17) is 14.6 Å². The highest BCUT2D eigenvalue weighted by Gasteiger charge is 2.22. The number of rotatable bonds is 5. The van der Waals surface area contributed by atoms with Crippen LogP contribution in [0.4, 0.5) is 0 Å². The maximum Gasteiger partial charge on any atom is 0.338 e. The van der Waals surface area contributed by atoms with Crippen LogP contribution >= 0.6 is 0 Å². The Morgan fingerprint density at radius 2 is 2.00 bits per heavy atom. The molecule has 1 saturated carbocycles. The lowest BCUT2D eigenvalue weighted by Crippen LogP contribution is -2.12. The molecule has 1 aliphatic rings. The quantitative estimate of drug-likeness (QED) is 0.847. The average molecular weight is 292 g/mol. The summed E-state index contributed by atoms with van der Waals surface area (Å²) in [6.45, 7) is 1.83. The van der Waals surface area contributed by atoms with Gasteiger partial charge < -0.3 is 14.6 Å². The maximum atomic E-state index is 12.0. The molecule has 1 aromatic carbocycles. The minimum absolute atomic E-state index is 0.0304. The predicted molar refractivity (Wildman–Crippen MR) is 80.9 cm³/mol. The van der Waals surface area contributed by atoms with Gasteiger partial charge in [-0.15, -0.1) is 0 Å². The minimum atomic E-state index is -0.383. The van der Waals surface area contributed by atoms with Crippen molar-refractivity contribution in [3.63, 3.8) is 0 Å². The summed E-state index contributed by atoms with van der Waals surface area (Å²) in [6.07, 6.45) is 6.03. The first-order valence-electron chi connectivity index (χ1n) is 7.64. The number of hydrogen-bond acceptors (Lipinski definition) is 4. The molecule has 21 heavy (non-hydrogen) atoms. The van der Waals surface area contributed by atoms with Crippen LogP contribution in [-0.2, 0) is 4.74 Å². The number of aryl methyl sites for hydroxylation is 1. The Kier molecular flexibility index (Phi) is 5.62. The molecule has 0 saturated heterocycles. The lowest BCUT2D eigenvalue weighted by Gasteiger charge is -2.25. The fraction of sp³-hybridized carbons (Fsp3) is 0.588. The second kappa shape index (κ2) is 7.46. The molecule has 0 unspecified atom stereocenters. The summed E-state index contributed by atoms with van der Waals surface area (Å²) >= 11 is 0. The van der Waals surface area contributed by atoms with E-state index in [2.05, 4.69) is 0 Å². The molecule has 0 bridgehead atoms. The average Bonchev–Trinajstić information content (AvgIpc) is 2.52. The molecular formula is C17H24O4. The Hall–Kier alpha value is -1.55. The first kappa shape index (κ1) is 15.8. The van der Waals surface area contributed by atoms with Crippen LogP contribution < -0.4 is 4.74 Å². The van der Waals surface area contributed by atoms with Crippen molar-refractivity contribution >= 4 is 5.97 Å². The van der Waals surface area contributed by atoms with Crippen molar-refractivity contribution in [2.24, 2.45) is 0 Å².